The second-order valence-corrected chi connectivity index (χ2v) is 9.74. The normalized spacial score (nSPS) is 19.3. The standard InChI is InChI=1S/C17H28N4O2S2/c1-5-15-13-21(10-11-24-15)17(18-2)19-12-14-6-8-16(9-7-14)25(22,23)20(3)4/h6-9,15H,5,10-13H2,1-4H3,(H,18,19). The second kappa shape index (κ2) is 8.91. The molecular formula is C17H28N4O2S2. The molecule has 1 fully saturated rings. The Bertz CT molecular complexity index is 687. The van der Waals surface area contributed by atoms with Gasteiger partial charge in [-0.05, 0) is 24.1 Å². The molecule has 8 heteroatoms. The van der Waals surface area contributed by atoms with Crippen LogP contribution in [0.25, 0.3) is 0 Å². The number of guanidine groups is 1. The van der Waals surface area contributed by atoms with Crippen LogP contribution < -0.4 is 5.32 Å². The van der Waals surface area contributed by atoms with Crippen molar-refractivity contribution in [2.45, 2.75) is 30.0 Å². The fourth-order valence-electron chi connectivity index (χ4n) is 2.66. The molecule has 1 aliphatic rings. The Kier molecular flexibility index (Phi) is 7.15. The van der Waals surface area contributed by atoms with E-state index >= 15 is 0 Å². The van der Waals surface area contributed by atoms with Crippen LogP contribution in [-0.4, -0.2) is 68.8 Å². The third kappa shape index (κ3) is 5.12. The molecule has 1 aromatic carbocycles. The Morgan fingerprint density at radius 1 is 1.36 bits per heavy atom. The first-order valence-electron chi connectivity index (χ1n) is 8.47. The molecule has 1 atom stereocenters. The van der Waals surface area contributed by atoms with E-state index in [4.69, 9.17) is 0 Å². The number of nitrogens with one attached hydrogen (secondary N) is 1. The quantitative estimate of drug-likeness (QED) is 0.620. The molecule has 1 unspecified atom stereocenters. The highest BCUT2D eigenvalue weighted by Gasteiger charge is 2.21. The lowest BCUT2D eigenvalue weighted by molar-refractivity contribution is 0.408. The van der Waals surface area contributed by atoms with Crippen LogP contribution in [0.1, 0.15) is 18.9 Å². The summed E-state index contributed by atoms with van der Waals surface area (Å²) in [5, 5.41) is 4.04. The molecule has 1 aliphatic heterocycles. The van der Waals surface area contributed by atoms with Gasteiger partial charge in [0.1, 0.15) is 0 Å². The summed E-state index contributed by atoms with van der Waals surface area (Å²) in [6.45, 7) is 4.86. The third-order valence-corrected chi connectivity index (χ3v) is 7.46. The van der Waals surface area contributed by atoms with Crippen LogP contribution in [0.2, 0.25) is 0 Å². The Hall–Kier alpha value is -1.25. The summed E-state index contributed by atoms with van der Waals surface area (Å²) in [5.74, 6) is 2.03. The Labute approximate surface area is 155 Å². The van der Waals surface area contributed by atoms with E-state index in [1.54, 1.807) is 19.2 Å². The Morgan fingerprint density at radius 2 is 2.04 bits per heavy atom. The number of sulfonamides is 1. The summed E-state index contributed by atoms with van der Waals surface area (Å²) in [6, 6.07) is 6.99. The van der Waals surface area contributed by atoms with Crippen LogP contribution in [0.15, 0.2) is 34.2 Å². The van der Waals surface area contributed by atoms with Crippen molar-refractivity contribution in [1.29, 1.82) is 0 Å². The lowest BCUT2D eigenvalue weighted by atomic mass is 10.2. The average Bonchev–Trinajstić information content (AvgIpc) is 2.62. The molecule has 0 aliphatic carbocycles. The number of aliphatic imine (C=N–C) groups is 1. The highest BCUT2D eigenvalue weighted by atomic mass is 32.2. The molecule has 0 bridgehead atoms. The zero-order valence-electron chi connectivity index (χ0n) is 15.4. The van der Waals surface area contributed by atoms with Gasteiger partial charge in [-0.1, -0.05) is 19.1 Å². The molecule has 1 heterocycles. The van der Waals surface area contributed by atoms with Crippen molar-refractivity contribution in [3.05, 3.63) is 29.8 Å². The first kappa shape index (κ1) is 20.1. The Morgan fingerprint density at radius 3 is 2.60 bits per heavy atom. The largest absolute Gasteiger partial charge is 0.352 e. The van der Waals surface area contributed by atoms with Crippen molar-refractivity contribution in [3.8, 4) is 0 Å². The van der Waals surface area contributed by atoms with Crippen molar-refractivity contribution >= 4 is 27.7 Å². The van der Waals surface area contributed by atoms with Crippen molar-refractivity contribution in [2.75, 3.05) is 40.0 Å². The maximum absolute atomic E-state index is 12.1. The molecule has 0 saturated carbocycles. The summed E-state index contributed by atoms with van der Waals surface area (Å²) < 4.78 is 25.4. The number of nitrogens with zero attached hydrogens (tertiary/aromatic N) is 3. The summed E-state index contributed by atoms with van der Waals surface area (Å²) in [7, 11) is 1.50. The molecule has 0 spiro atoms. The molecule has 0 radical (unpaired) electrons. The predicted octanol–water partition coefficient (Wildman–Crippen LogP) is 1.84. The summed E-state index contributed by atoms with van der Waals surface area (Å²) in [5.41, 5.74) is 1.03. The molecule has 6 nitrogen and oxygen atoms in total. The van der Waals surface area contributed by atoms with Crippen LogP contribution in [0.5, 0.6) is 0 Å². The molecule has 1 aromatic rings. The zero-order valence-corrected chi connectivity index (χ0v) is 17.0. The summed E-state index contributed by atoms with van der Waals surface area (Å²) in [4.78, 5) is 7.01. The summed E-state index contributed by atoms with van der Waals surface area (Å²) >= 11 is 2.03. The van der Waals surface area contributed by atoms with Crippen LogP contribution in [0.4, 0.5) is 0 Å². The first-order valence-corrected chi connectivity index (χ1v) is 11.0. The number of hydrogen-bond donors (Lipinski definition) is 1. The molecule has 2 rings (SSSR count). The summed E-state index contributed by atoms with van der Waals surface area (Å²) in [6.07, 6.45) is 1.17. The van der Waals surface area contributed by atoms with Gasteiger partial charge in [-0.2, -0.15) is 11.8 Å². The van der Waals surface area contributed by atoms with Crippen molar-refractivity contribution in [3.63, 3.8) is 0 Å². The van der Waals surface area contributed by atoms with E-state index in [-0.39, 0.29) is 0 Å². The lowest BCUT2D eigenvalue weighted by Gasteiger charge is -2.34. The van der Waals surface area contributed by atoms with E-state index in [1.165, 1.54) is 24.8 Å². The number of benzene rings is 1. The van der Waals surface area contributed by atoms with E-state index in [1.807, 2.05) is 23.9 Å². The minimum Gasteiger partial charge on any atom is -0.352 e. The highest BCUT2D eigenvalue weighted by molar-refractivity contribution is 8.00. The van der Waals surface area contributed by atoms with Gasteiger partial charge in [-0.15, -0.1) is 0 Å². The van der Waals surface area contributed by atoms with Gasteiger partial charge in [0.15, 0.2) is 5.96 Å². The van der Waals surface area contributed by atoms with Crippen LogP contribution in [-0.2, 0) is 16.6 Å². The third-order valence-electron chi connectivity index (χ3n) is 4.26. The number of rotatable bonds is 5. The van der Waals surface area contributed by atoms with E-state index in [2.05, 4.69) is 22.1 Å². The Balaban J connectivity index is 1.98. The smallest absolute Gasteiger partial charge is 0.242 e. The van der Waals surface area contributed by atoms with Gasteiger partial charge in [-0.25, -0.2) is 12.7 Å². The van der Waals surface area contributed by atoms with Gasteiger partial charge in [0, 0.05) is 51.8 Å². The van der Waals surface area contributed by atoms with Gasteiger partial charge in [0.2, 0.25) is 10.0 Å². The van der Waals surface area contributed by atoms with Crippen molar-refractivity contribution in [2.24, 2.45) is 4.99 Å². The van der Waals surface area contributed by atoms with Gasteiger partial charge in [0.25, 0.3) is 0 Å². The molecule has 0 aromatic heterocycles. The topological polar surface area (TPSA) is 65.0 Å². The molecular weight excluding hydrogens is 356 g/mol. The SMILES string of the molecule is CCC1CN(C(=NC)NCc2ccc(S(=O)(=O)N(C)C)cc2)CCS1. The minimum atomic E-state index is -3.38. The van der Waals surface area contributed by atoms with E-state index in [0.717, 1.165) is 30.4 Å². The predicted molar refractivity (Wildman–Crippen MR) is 106 cm³/mol. The highest BCUT2D eigenvalue weighted by Crippen LogP contribution is 2.21. The second-order valence-electron chi connectivity index (χ2n) is 6.18. The monoisotopic (exact) mass is 384 g/mol. The molecule has 25 heavy (non-hydrogen) atoms. The minimum absolute atomic E-state index is 0.310. The number of thioether (sulfide) groups is 1. The van der Waals surface area contributed by atoms with Gasteiger partial charge >= 0.3 is 0 Å². The lowest BCUT2D eigenvalue weighted by Crippen LogP contribution is -2.47. The van der Waals surface area contributed by atoms with Crippen LogP contribution in [0.3, 0.4) is 0 Å². The van der Waals surface area contributed by atoms with Crippen molar-refractivity contribution in [1.82, 2.24) is 14.5 Å². The van der Waals surface area contributed by atoms with E-state index in [9.17, 15) is 8.42 Å². The zero-order chi connectivity index (χ0) is 18.4. The number of hydrogen-bond acceptors (Lipinski definition) is 4. The first-order chi connectivity index (χ1) is 11.9. The van der Waals surface area contributed by atoms with E-state index in [0.29, 0.717) is 16.7 Å². The molecule has 1 N–H and O–H groups in total. The van der Waals surface area contributed by atoms with Crippen molar-refractivity contribution < 1.29 is 8.42 Å². The van der Waals surface area contributed by atoms with Gasteiger partial charge in [0.05, 0.1) is 4.90 Å². The van der Waals surface area contributed by atoms with Crippen LogP contribution >= 0.6 is 11.8 Å². The fourth-order valence-corrected chi connectivity index (χ4v) is 4.74. The van der Waals surface area contributed by atoms with Gasteiger partial charge in [-0.3, -0.25) is 4.99 Å². The maximum Gasteiger partial charge on any atom is 0.242 e. The van der Waals surface area contributed by atoms with Crippen LogP contribution in [0, 0.1) is 0 Å². The maximum atomic E-state index is 12.1. The molecule has 0 amide bonds. The molecule has 140 valence electrons. The van der Waals surface area contributed by atoms with Gasteiger partial charge < -0.3 is 10.2 Å². The molecule has 1 saturated heterocycles. The fraction of sp³-hybridized carbons (Fsp3) is 0.588. The van der Waals surface area contributed by atoms with E-state index < -0.39 is 10.0 Å². The average molecular weight is 385 g/mol.